The van der Waals surface area contributed by atoms with Gasteiger partial charge in [-0.1, -0.05) is 0 Å². The van der Waals surface area contributed by atoms with Gasteiger partial charge in [0.15, 0.2) is 12.6 Å². The molecular formula is C18H32N2O11S. The molecule has 0 spiro atoms. The van der Waals surface area contributed by atoms with Crippen molar-refractivity contribution in [1.29, 1.82) is 0 Å². The molecule has 186 valence electrons. The molecule has 2 aliphatic rings. The van der Waals surface area contributed by atoms with E-state index in [-0.39, 0.29) is 6.61 Å². The topological polar surface area (TPSA) is 196 Å². The molecule has 10 atom stereocenters. The van der Waals surface area contributed by atoms with Crippen LogP contribution in [0.15, 0.2) is 0 Å². The van der Waals surface area contributed by atoms with Gasteiger partial charge >= 0.3 is 0 Å². The van der Waals surface area contributed by atoms with Gasteiger partial charge < -0.3 is 55.1 Å². The third-order valence-corrected chi connectivity index (χ3v) is 5.32. The summed E-state index contributed by atoms with van der Waals surface area (Å²) in [7, 11) is 0. The zero-order valence-electron chi connectivity index (χ0n) is 17.7. The average Bonchev–Trinajstić information content (AvgIpc) is 2.74. The van der Waals surface area contributed by atoms with Crippen LogP contribution in [0.5, 0.6) is 0 Å². The first-order valence-corrected chi connectivity index (χ1v) is 10.8. The van der Waals surface area contributed by atoms with E-state index >= 15 is 0 Å². The minimum atomic E-state index is -1.57. The SMILES string of the molecule is CC(=O)NC1C(OC2C(CO)OC(OCCS)C(NC(C)=O)C2O)OC(CO)C(O)C1O. The fourth-order valence-corrected chi connectivity index (χ4v) is 3.78. The molecule has 32 heavy (non-hydrogen) atoms. The molecular weight excluding hydrogens is 452 g/mol. The van der Waals surface area contributed by atoms with Crippen molar-refractivity contribution < 1.29 is 54.1 Å². The van der Waals surface area contributed by atoms with Crippen molar-refractivity contribution in [3.8, 4) is 0 Å². The highest BCUT2D eigenvalue weighted by atomic mass is 32.1. The average molecular weight is 485 g/mol. The number of rotatable bonds is 9. The fourth-order valence-electron chi connectivity index (χ4n) is 3.68. The molecule has 0 saturated carbocycles. The predicted octanol–water partition coefficient (Wildman–Crippen LogP) is -4.16. The van der Waals surface area contributed by atoms with E-state index in [0.29, 0.717) is 5.75 Å². The maximum atomic E-state index is 11.7. The van der Waals surface area contributed by atoms with E-state index < -0.39 is 86.3 Å². The number of carbonyl (C=O) groups excluding carboxylic acids is 2. The Kier molecular flexibility index (Phi) is 10.5. The first-order valence-electron chi connectivity index (χ1n) is 10.1. The van der Waals surface area contributed by atoms with Crippen molar-refractivity contribution in [2.24, 2.45) is 0 Å². The van der Waals surface area contributed by atoms with Crippen molar-refractivity contribution in [3.63, 3.8) is 0 Å². The van der Waals surface area contributed by atoms with E-state index in [1.807, 2.05) is 0 Å². The molecule has 0 radical (unpaired) electrons. The third-order valence-electron chi connectivity index (χ3n) is 5.14. The highest BCUT2D eigenvalue weighted by Crippen LogP contribution is 2.29. The van der Waals surface area contributed by atoms with Gasteiger partial charge in [0, 0.05) is 19.6 Å². The largest absolute Gasteiger partial charge is 0.394 e. The highest BCUT2D eigenvalue weighted by molar-refractivity contribution is 7.80. The number of amides is 2. The van der Waals surface area contributed by atoms with Gasteiger partial charge in [-0.2, -0.15) is 12.6 Å². The van der Waals surface area contributed by atoms with E-state index in [1.54, 1.807) is 0 Å². The van der Waals surface area contributed by atoms with Crippen LogP contribution in [0.1, 0.15) is 13.8 Å². The Bertz CT molecular complexity index is 630. The lowest BCUT2D eigenvalue weighted by Gasteiger charge is -2.48. The summed E-state index contributed by atoms with van der Waals surface area (Å²) in [4.78, 5) is 23.3. The lowest BCUT2D eigenvalue weighted by Crippen LogP contribution is -2.69. The molecule has 10 unspecified atom stereocenters. The normalized spacial score (nSPS) is 40.0. The summed E-state index contributed by atoms with van der Waals surface area (Å²) in [5.74, 6) is -0.706. The van der Waals surface area contributed by atoms with Crippen molar-refractivity contribution in [1.82, 2.24) is 10.6 Å². The lowest BCUT2D eigenvalue weighted by molar-refractivity contribution is -0.331. The van der Waals surface area contributed by atoms with Gasteiger partial charge in [-0.15, -0.1) is 0 Å². The van der Waals surface area contributed by atoms with Gasteiger partial charge in [0.2, 0.25) is 11.8 Å². The maximum absolute atomic E-state index is 11.7. The van der Waals surface area contributed by atoms with Crippen LogP contribution >= 0.6 is 12.6 Å². The Morgan fingerprint density at radius 2 is 1.41 bits per heavy atom. The molecule has 2 aliphatic heterocycles. The Balaban J connectivity index is 2.29. The molecule has 0 aromatic carbocycles. The van der Waals surface area contributed by atoms with E-state index in [2.05, 4.69) is 23.3 Å². The van der Waals surface area contributed by atoms with Gasteiger partial charge in [0.05, 0.1) is 19.8 Å². The minimum absolute atomic E-state index is 0.138. The lowest BCUT2D eigenvalue weighted by atomic mass is 9.94. The van der Waals surface area contributed by atoms with Gasteiger partial charge in [0.1, 0.15) is 48.7 Å². The van der Waals surface area contributed by atoms with Crippen LogP contribution in [0.25, 0.3) is 0 Å². The van der Waals surface area contributed by atoms with E-state index in [0.717, 1.165) is 0 Å². The van der Waals surface area contributed by atoms with Crippen LogP contribution in [-0.2, 0) is 28.5 Å². The van der Waals surface area contributed by atoms with E-state index in [1.165, 1.54) is 13.8 Å². The minimum Gasteiger partial charge on any atom is -0.394 e. The summed E-state index contributed by atoms with van der Waals surface area (Å²) in [5.41, 5.74) is 0. The van der Waals surface area contributed by atoms with E-state index in [9.17, 15) is 35.1 Å². The zero-order chi connectivity index (χ0) is 24.0. The summed E-state index contributed by atoms with van der Waals surface area (Å²) in [6.45, 7) is 1.28. The smallest absolute Gasteiger partial charge is 0.217 e. The van der Waals surface area contributed by atoms with Crippen LogP contribution < -0.4 is 10.6 Å². The van der Waals surface area contributed by atoms with Gasteiger partial charge in [-0.05, 0) is 0 Å². The van der Waals surface area contributed by atoms with Crippen LogP contribution in [-0.4, -0.2) is 124 Å². The van der Waals surface area contributed by atoms with Crippen LogP contribution in [0.2, 0.25) is 0 Å². The predicted molar refractivity (Wildman–Crippen MR) is 109 cm³/mol. The molecule has 0 aromatic rings. The number of hydrogen-bond acceptors (Lipinski definition) is 12. The Labute approximate surface area is 190 Å². The molecule has 2 heterocycles. The number of carbonyl (C=O) groups is 2. The van der Waals surface area contributed by atoms with Crippen LogP contribution in [0.3, 0.4) is 0 Å². The zero-order valence-corrected chi connectivity index (χ0v) is 18.6. The second kappa shape index (κ2) is 12.4. The highest BCUT2D eigenvalue weighted by Gasteiger charge is 2.51. The first kappa shape index (κ1) is 27.2. The quantitative estimate of drug-likeness (QED) is 0.148. The number of aliphatic hydroxyl groups excluding tert-OH is 5. The molecule has 2 rings (SSSR count). The molecule has 0 aliphatic carbocycles. The molecule has 2 saturated heterocycles. The standard InChI is InChI=1S/C18H32N2O11S/c1-7(23)19-11-14(26)13(25)9(5-21)29-18(11)31-16-10(6-22)30-17(28-3-4-32)12(15(16)27)20-8(2)24/h9-18,21-22,25-27,32H,3-6H2,1-2H3,(H,19,23)(H,20,24). The number of thiol groups is 1. The second-order valence-corrected chi connectivity index (χ2v) is 8.02. The van der Waals surface area contributed by atoms with Crippen molar-refractivity contribution in [2.75, 3.05) is 25.6 Å². The summed E-state index contributed by atoms with van der Waals surface area (Å²) >= 11 is 4.04. The molecule has 2 amide bonds. The summed E-state index contributed by atoms with van der Waals surface area (Å²) in [6, 6.07) is -2.36. The van der Waals surface area contributed by atoms with Crippen LogP contribution in [0, 0.1) is 0 Å². The first-order chi connectivity index (χ1) is 15.1. The Morgan fingerprint density at radius 3 is 1.91 bits per heavy atom. The summed E-state index contributed by atoms with van der Waals surface area (Å²) < 4.78 is 22.5. The molecule has 13 nitrogen and oxygen atoms in total. The van der Waals surface area contributed by atoms with E-state index in [4.69, 9.17) is 18.9 Å². The summed E-state index contributed by atoms with van der Waals surface area (Å²) in [5, 5.41) is 55.7. The van der Waals surface area contributed by atoms with Gasteiger partial charge in [-0.25, -0.2) is 0 Å². The number of ether oxygens (including phenoxy) is 4. The number of nitrogens with one attached hydrogen (secondary N) is 2. The maximum Gasteiger partial charge on any atom is 0.217 e. The molecule has 7 N–H and O–H groups in total. The van der Waals surface area contributed by atoms with Crippen molar-refractivity contribution in [2.45, 2.75) is 75.1 Å². The molecule has 0 bridgehead atoms. The van der Waals surface area contributed by atoms with Crippen molar-refractivity contribution in [3.05, 3.63) is 0 Å². The van der Waals surface area contributed by atoms with Crippen molar-refractivity contribution >= 4 is 24.4 Å². The Hall–Kier alpha value is -1.07. The van der Waals surface area contributed by atoms with Gasteiger partial charge in [-0.3, -0.25) is 9.59 Å². The summed E-state index contributed by atoms with van der Waals surface area (Å²) in [6.07, 6.45) is -10.8. The number of hydrogen-bond donors (Lipinski definition) is 8. The van der Waals surface area contributed by atoms with Crippen LogP contribution in [0.4, 0.5) is 0 Å². The molecule has 2 fully saturated rings. The second-order valence-electron chi connectivity index (χ2n) is 7.57. The Morgan fingerprint density at radius 1 is 0.875 bits per heavy atom. The fraction of sp³-hybridized carbons (Fsp3) is 0.889. The molecule has 0 aromatic heterocycles. The monoisotopic (exact) mass is 484 g/mol. The third kappa shape index (κ3) is 6.50. The molecule has 14 heteroatoms. The number of aliphatic hydroxyl groups is 5. The van der Waals surface area contributed by atoms with Gasteiger partial charge in [0.25, 0.3) is 0 Å².